The lowest BCUT2D eigenvalue weighted by atomic mass is 9.99. The molecule has 0 amide bonds. The lowest BCUT2D eigenvalue weighted by Gasteiger charge is -2.08. The summed E-state index contributed by atoms with van der Waals surface area (Å²) in [6.07, 6.45) is 6.18. The molecule has 3 rings (SSSR count). The number of fused-ring (bicyclic) bond motifs is 1. The molecule has 1 aliphatic rings. The van der Waals surface area contributed by atoms with Gasteiger partial charge in [-0.1, -0.05) is 19.9 Å². The van der Waals surface area contributed by atoms with Crippen LogP contribution in [-0.4, -0.2) is 16.1 Å². The van der Waals surface area contributed by atoms with E-state index in [9.17, 15) is 0 Å². The van der Waals surface area contributed by atoms with Gasteiger partial charge in [-0.3, -0.25) is 0 Å². The van der Waals surface area contributed by atoms with E-state index in [1.807, 2.05) is 6.33 Å². The van der Waals surface area contributed by atoms with Crippen molar-refractivity contribution in [1.29, 1.82) is 0 Å². The summed E-state index contributed by atoms with van der Waals surface area (Å²) in [7, 11) is 0. The van der Waals surface area contributed by atoms with E-state index in [1.165, 1.54) is 23.4 Å². The molecule has 18 heavy (non-hydrogen) atoms. The minimum absolute atomic E-state index is 0.669. The van der Waals surface area contributed by atoms with E-state index in [-0.39, 0.29) is 0 Å². The van der Waals surface area contributed by atoms with Crippen molar-refractivity contribution < 1.29 is 0 Å². The number of imidazole rings is 1. The van der Waals surface area contributed by atoms with Crippen LogP contribution in [0.1, 0.15) is 37.4 Å². The fraction of sp³-hybridized carbons (Fsp3) is 0.400. The Bertz CT molecular complexity index is 557. The van der Waals surface area contributed by atoms with Crippen LogP contribution in [0, 0.1) is 0 Å². The number of aromatic nitrogens is 2. The lowest BCUT2D eigenvalue weighted by molar-refractivity contribution is 0.727. The number of nitrogens with one attached hydrogen (secondary N) is 1. The Morgan fingerprint density at radius 3 is 3.00 bits per heavy atom. The zero-order valence-electron chi connectivity index (χ0n) is 11.0. The molecule has 1 aromatic heterocycles. The number of aryl methyl sites for hydroxylation is 1. The van der Waals surface area contributed by atoms with Crippen molar-refractivity contribution in [3.63, 3.8) is 0 Å². The van der Waals surface area contributed by atoms with Gasteiger partial charge in [0.25, 0.3) is 0 Å². The van der Waals surface area contributed by atoms with Crippen LogP contribution in [0.15, 0.2) is 30.7 Å². The van der Waals surface area contributed by atoms with Crippen LogP contribution < -0.4 is 5.32 Å². The average Bonchev–Trinajstić information content (AvgIpc) is 3.04. The second-order valence-electron chi connectivity index (χ2n) is 4.88. The lowest BCUT2D eigenvalue weighted by Crippen LogP contribution is -1.99. The fourth-order valence-electron chi connectivity index (χ4n) is 2.61. The molecular weight excluding hydrogens is 222 g/mol. The van der Waals surface area contributed by atoms with Crippen molar-refractivity contribution in [3.8, 4) is 5.69 Å². The number of hydrogen-bond donors (Lipinski definition) is 1. The first kappa shape index (κ1) is 11.3. The summed E-state index contributed by atoms with van der Waals surface area (Å²) in [6, 6.07) is 6.67. The first-order chi connectivity index (χ1) is 8.81. The van der Waals surface area contributed by atoms with Crippen molar-refractivity contribution in [3.05, 3.63) is 42.0 Å². The predicted molar refractivity (Wildman–Crippen MR) is 74.5 cm³/mol. The van der Waals surface area contributed by atoms with Crippen LogP contribution in [0.25, 0.3) is 5.69 Å². The van der Waals surface area contributed by atoms with Gasteiger partial charge in [0.2, 0.25) is 0 Å². The highest BCUT2D eigenvalue weighted by atomic mass is 15.0. The maximum atomic E-state index is 4.38. The van der Waals surface area contributed by atoms with Crippen LogP contribution in [-0.2, 0) is 6.42 Å². The van der Waals surface area contributed by atoms with Gasteiger partial charge in [-0.25, -0.2) is 4.98 Å². The average molecular weight is 241 g/mol. The molecule has 3 nitrogen and oxygen atoms in total. The standard InChI is InChI=1S/C15H19N3/c1-3-11-8-16-15-7-13(5-6-14(11)15)18-9-12(4-2)17-10-18/h5-7,9-11,16H,3-4,8H2,1-2H3. The molecule has 1 unspecified atom stereocenters. The van der Waals surface area contributed by atoms with Crippen molar-refractivity contribution in [2.45, 2.75) is 32.6 Å². The molecule has 0 saturated carbocycles. The van der Waals surface area contributed by atoms with Crippen molar-refractivity contribution in [1.82, 2.24) is 9.55 Å². The Hall–Kier alpha value is -1.77. The van der Waals surface area contributed by atoms with Gasteiger partial charge in [-0.15, -0.1) is 0 Å². The van der Waals surface area contributed by atoms with Crippen LogP contribution >= 0.6 is 0 Å². The zero-order chi connectivity index (χ0) is 12.5. The highest BCUT2D eigenvalue weighted by molar-refractivity contribution is 5.62. The van der Waals surface area contributed by atoms with Gasteiger partial charge in [-0.05, 0) is 30.5 Å². The van der Waals surface area contributed by atoms with Gasteiger partial charge in [0.05, 0.1) is 12.0 Å². The summed E-state index contributed by atoms with van der Waals surface area (Å²) >= 11 is 0. The molecule has 2 heterocycles. The van der Waals surface area contributed by atoms with Crippen molar-refractivity contribution in [2.24, 2.45) is 0 Å². The molecular formula is C15H19N3. The van der Waals surface area contributed by atoms with E-state index < -0.39 is 0 Å². The van der Waals surface area contributed by atoms with Crippen molar-refractivity contribution in [2.75, 3.05) is 11.9 Å². The van der Waals surface area contributed by atoms with Crippen molar-refractivity contribution >= 4 is 5.69 Å². The molecule has 1 N–H and O–H groups in total. The van der Waals surface area contributed by atoms with Gasteiger partial charge in [-0.2, -0.15) is 0 Å². The number of rotatable bonds is 3. The van der Waals surface area contributed by atoms with E-state index >= 15 is 0 Å². The molecule has 1 atom stereocenters. The Morgan fingerprint density at radius 1 is 1.39 bits per heavy atom. The number of anilines is 1. The topological polar surface area (TPSA) is 29.9 Å². The maximum absolute atomic E-state index is 4.38. The van der Waals surface area contributed by atoms with Gasteiger partial charge >= 0.3 is 0 Å². The van der Waals surface area contributed by atoms with Gasteiger partial charge in [0.15, 0.2) is 0 Å². The molecule has 2 aromatic rings. The Kier molecular flexibility index (Phi) is 2.82. The third kappa shape index (κ3) is 1.80. The van der Waals surface area contributed by atoms with E-state index in [1.54, 1.807) is 0 Å². The predicted octanol–water partition coefficient (Wildman–Crippen LogP) is 3.35. The SMILES string of the molecule is CCc1cn(-c2ccc3c(c2)NCC3CC)cn1. The monoisotopic (exact) mass is 241 g/mol. The molecule has 0 aliphatic carbocycles. The third-order valence-corrected chi connectivity index (χ3v) is 3.80. The molecule has 0 bridgehead atoms. The van der Waals surface area contributed by atoms with E-state index in [4.69, 9.17) is 0 Å². The number of nitrogens with zero attached hydrogens (tertiary/aromatic N) is 2. The molecule has 1 aromatic carbocycles. The Labute approximate surface area is 108 Å². The first-order valence-corrected chi connectivity index (χ1v) is 6.73. The number of hydrogen-bond acceptors (Lipinski definition) is 2. The van der Waals surface area contributed by atoms with Gasteiger partial charge in [0.1, 0.15) is 0 Å². The van der Waals surface area contributed by atoms with E-state index in [0.717, 1.165) is 18.7 Å². The van der Waals surface area contributed by atoms with Gasteiger partial charge < -0.3 is 9.88 Å². The summed E-state index contributed by atoms with van der Waals surface area (Å²) in [4.78, 5) is 4.38. The molecule has 94 valence electrons. The first-order valence-electron chi connectivity index (χ1n) is 6.73. The summed E-state index contributed by atoms with van der Waals surface area (Å²) < 4.78 is 2.10. The normalized spacial score (nSPS) is 17.6. The van der Waals surface area contributed by atoms with E-state index in [2.05, 4.69) is 53.1 Å². The summed E-state index contributed by atoms with van der Waals surface area (Å²) in [5, 5.41) is 3.50. The van der Waals surface area contributed by atoms with Crippen LogP contribution in [0.3, 0.4) is 0 Å². The summed E-state index contributed by atoms with van der Waals surface area (Å²) in [6.45, 7) is 5.45. The quantitative estimate of drug-likeness (QED) is 0.893. The Morgan fingerprint density at radius 2 is 2.28 bits per heavy atom. The van der Waals surface area contributed by atoms with Crippen LogP contribution in [0.2, 0.25) is 0 Å². The zero-order valence-corrected chi connectivity index (χ0v) is 11.0. The summed E-state index contributed by atoms with van der Waals surface area (Å²) in [5.74, 6) is 0.669. The molecule has 1 aliphatic heterocycles. The molecule has 0 radical (unpaired) electrons. The fourth-order valence-corrected chi connectivity index (χ4v) is 2.61. The molecule has 0 spiro atoms. The van der Waals surface area contributed by atoms with Gasteiger partial charge in [0, 0.05) is 30.0 Å². The molecule has 0 fully saturated rings. The molecule has 3 heteroatoms. The highest BCUT2D eigenvalue weighted by Gasteiger charge is 2.20. The Balaban J connectivity index is 1.95. The van der Waals surface area contributed by atoms with E-state index in [0.29, 0.717) is 5.92 Å². The summed E-state index contributed by atoms with van der Waals surface area (Å²) in [5.41, 5.74) is 5.06. The minimum Gasteiger partial charge on any atom is -0.384 e. The maximum Gasteiger partial charge on any atom is 0.0995 e. The second-order valence-corrected chi connectivity index (χ2v) is 4.88. The highest BCUT2D eigenvalue weighted by Crippen LogP contribution is 2.34. The minimum atomic E-state index is 0.669. The molecule has 0 saturated heterocycles. The number of benzene rings is 1. The largest absolute Gasteiger partial charge is 0.384 e. The second kappa shape index (κ2) is 4.48. The van der Waals surface area contributed by atoms with Crippen LogP contribution in [0.5, 0.6) is 0 Å². The third-order valence-electron chi connectivity index (χ3n) is 3.80. The smallest absolute Gasteiger partial charge is 0.0995 e. The van der Waals surface area contributed by atoms with Crippen LogP contribution in [0.4, 0.5) is 5.69 Å².